The molecule has 2 amide bonds. The quantitative estimate of drug-likeness (QED) is 0.788. The van der Waals surface area contributed by atoms with Gasteiger partial charge < -0.3 is 15.3 Å². The van der Waals surface area contributed by atoms with Crippen LogP contribution >= 0.6 is 0 Å². The highest BCUT2D eigenvalue weighted by Gasteiger charge is 2.34. The van der Waals surface area contributed by atoms with Gasteiger partial charge >= 0.3 is 12.0 Å². The van der Waals surface area contributed by atoms with Crippen LogP contribution in [-0.4, -0.2) is 41.1 Å². The van der Waals surface area contributed by atoms with E-state index in [1.807, 2.05) is 6.92 Å². The minimum absolute atomic E-state index is 0.232. The molecule has 0 heterocycles. The number of amides is 2. The minimum Gasteiger partial charge on any atom is -0.481 e. The molecule has 3 atom stereocenters. The molecule has 19 heavy (non-hydrogen) atoms. The van der Waals surface area contributed by atoms with Crippen LogP contribution in [0.3, 0.4) is 0 Å². The van der Waals surface area contributed by atoms with Crippen LogP contribution in [0.15, 0.2) is 0 Å². The summed E-state index contributed by atoms with van der Waals surface area (Å²) in [7, 11) is 0. The average Bonchev–Trinajstić information content (AvgIpc) is 2.83. The first-order valence-corrected chi connectivity index (χ1v) is 6.67. The first-order valence-electron chi connectivity index (χ1n) is 6.67. The van der Waals surface area contributed by atoms with Gasteiger partial charge in [0.2, 0.25) is 0 Å². The van der Waals surface area contributed by atoms with E-state index < -0.39 is 11.9 Å². The second kappa shape index (κ2) is 6.98. The second-order valence-electron chi connectivity index (χ2n) is 5.00. The van der Waals surface area contributed by atoms with Crippen LogP contribution in [0.25, 0.3) is 0 Å². The summed E-state index contributed by atoms with van der Waals surface area (Å²) in [6.07, 6.45) is 2.14. The van der Waals surface area contributed by atoms with Crippen LogP contribution in [0, 0.1) is 23.2 Å². The van der Waals surface area contributed by atoms with Crippen LogP contribution in [0.1, 0.15) is 33.1 Å². The Morgan fingerprint density at radius 3 is 2.74 bits per heavy atom. The van der Waals surface area contributed by atoms with E-state index in [1.165, 1.54) is 0 Å². The molecule has 0 aromatic heterocycles. The smallest absolute Gasteiger partial charge is 0.317 e. The lowest BCUT2D eigenvalue weighted by Crippen LogP contribution is -2.48. The molecule has 1 saturated carbocycles. The Hall–Kier alpha value is -1.77. The Kier molecular flexibility index (Phi) is 5.61. The van der Waals surface area contributed by atoms with E-state index in [-0.39, 0.29) is 18.0 Å². The monoisotopic (exact) mass is 267 g/mol. The number of carbonyl (C=O) groups excluding carboxylic acids is 1. The molecule has 0 spiro atoms. The standard InChI is InChI=1S/C13H21N3O3/c1-3-16(8-9(2)7-14)13(19)15-11-6-4-5-10(11)12(17)18/h9-11H,3-6,8H2,1-2H3,(H,15,19)(H,17,18). The van der Waals surface area contributed by atoms with Crippen molar-refractivity contribution in [3.63, 3.8) is 0 Å². The number of carboxylic acids is 1. The number of hydrogen-bond donors (Lipinski definition) is 2. The SMILES string of the molecule is CCN(CC(C)C#N)C(=O)NC1CCCC1C(=O)O. The molecule has 1 aliphatic rings. The van der Waals surface area contributed by atoms with Gasteiger partial charge in [-0.1, -0.05) is 6.42 Å². The first kappa shape index (κ1) is 15.3. The number of carbonyl (C=O) groups is 2. The molecule has 1 aliphatic carbocycles. The van der Waals surface area contributed by atoms with E-state index >= 15 is 0 Å². The van der Waals surface area contributed by atoms with Gasteiger partial charge in [0.05, 0.1) is 17.9 Å². The largest absolute Gasteiger partial charge is 0.481 e. The highest BCUT2D eigenvalue weighted by atomic mass is 16.4. The predicted octanol–water partition coefficient (Wildman–Crippen LogP) is 1.43. The third kappa shape index (κ3) is 4.12. The van der Waals surface area contributed by atoms with Crippen LogP contribution < -0.4 is 5.32 Å². The molecule has 3 unspecified atom stereocenters. The van der Waals surface area contributed by atoms with Crippen LogP contribution in [0.4, 0.5) is 4.79 Å². The highest BCUT2D eigenvalue weighted by Crippen LogP contribution is 2.26. The fourth-order valence-electron chi connectivity index (χ4n) is 2.41. The van der Waals surface area contributed by atoms with Crippen molar-refractivity contribution < 1.29 is 14.7 Å². The molecule has 1 fully saturated rings. The van der Waals surface area contributed by atoms with Gasteiger partial charge in [0.25, 0.3) is 0 Å². The minimum atomic E-state index is -0.851. The molecule has 0 radical (unpaired) electrons. The van der Waals surface area contributed by atoms with E-state index in [1.54, 1.807) is 11.8 Å². The average molecular weight is 267 g/mol. The number of urea groups is 1. The lowest BCUT2D eigenvalue weighted by atomic mass is 10.0. The Morgan fingerprint density at radius 1 is 1.53 bits per heavy atom. The van der Waals surface area contributed by atoms with Gasteiger partial charge in [0.1, 0.15) is 0 Å². The Bertz CT molecular complexity index is 378. The summed E-state index contributed by atoms with van der Waals surface area (Å²) in [6, 6.07) is 1.52. The molecule has 0 saturated heterocycles. The van der Waals surface area contributed by atoms with Crippen LogP contribution in [0.2, 0.25) is 0 Å². The summed E-state index contributed by atoms with van der Waals surface area (Å²) in [4.78, 5) is 24.7. The Morgan fingerprint density at radius 2 is 2.21 bits per heavy atom. The normalized spacial score (nSPS) is 23.4. The van der Waals surface area contributed by atoms with Gasteiger partial charge in [-0.2, -0.15) is 5.26 Å². The van der Waals surface area contributed by atoms with Crippen LogP contribution in [-0.2, 0) is 4.79 Å². The maximum absolute atomic E-state index is 12.1. The fourth-order valence-corrected chi connectivity index (χ4v) is 2.41. The zero-order valence-electron chi connectivity index (χ0n) is 11.4. The molecule has 0 bridgehead atoms. The Labute approximate surface area is 113 Å². The molecule has 0 aromatic carbocycles. The van der Waals surface area contributed by atoms with Crippen molar-refractivity contribution in [2.24, 2.45) is 11.8 Å². The summed E-state index contributed by atoms with van der Waals surface area (Å²) < 4.78 is 0. The third-order valence-corrected chi connectivity index (χ3v) is 3.53. The van der Waals surface area contributed by atoms with E-state index in [0.29, 0.717) is 25.9 Å². The highest BCUT2D eigenvalue weighted by molar-refractivity contribution is 5.77. The molecule has 0 aliphatic heterocycles. The summed E-state index contributed by atoms with van der Waals surface area (Å²) in [5.74, 6) is -1.57. The molecule has 0 aromatic rings. The molecule has 6 nitrogen and oxygen atoms in total. The lowest BCUT2D eigenvalue weighted by Gasteiger charge is -2.26. The zero-order valence-corrected chi connectivity index (χ0v) is 11.4. The topological polar surface area (TPSA) is 93.4 Å². The number of nitriles is 1. The van der Waals surface area contributed by atoms with E-state index in [0.717, 1.165) is 6.42 Å². The van der Waals surface area contributed by atoms with Gasteiger partial charge in [-0.25, -0.2) is 4.79 Å². The molecule has 6 heteroatoms. The number of carboxylic acid groups (broad SMARTS) is 1. The van der Waals surface area contributed by atoms with Crippen molar-refractivity contribution in [3.05, 3.63) is 0 Å². The van der Waals surface area contributed by atoms with Crippen molar-refractivity contribution in [2.45, 2.75) is 39.2 Å². The lowest BCUT2D eigenvalue weighted by molar-refractivity contribution is -0.142. The zero-order chi connectivity index (χ0) is 14.4. The molecule has 1 rings (SSSR count). The van der Waals surface area contributed by atoms with Crippen molar-refractivity contribution >= 4 is 12.0 Å². The number of rotatable bonds is 5. The predicted molar refractivity (Wildman–Crippen MR) is 69.3 cm³/mol. The fraction of sp³-hybridized carbons (Fsp3) is 0.769. The molecule has 2 N–H and O–H groups in total. The van der Waals surface area contributed by atoms with Gasteiger partial charge in [0, 0.05) is 19.1 Å². The summed E-state index contributed by atoms with van der Waals surface area (Å²) >= 11 is 0. The van der Waals surface area contributed by atoms with Crippen molar-refractivity contribution in [3.8, 4) is 6.07 Å². The third-order valence-electron chi connectivity index (χ3n) is 3.53. The number of nitrogens with zero attached hydrogens (tertiary/aromatic N) is 2. The number of aliphatic carboxylic acids is 1. The van der Waals surface area contributed by atoms with Crippen LogP contribution in [0.5, 0.6) is 0 Å². The van der Waals surface area contributed by atoms with E-state index in [9.17, 15) is 9.59 Å². The van der Waals surface area contributed by atoms with Crippen molar-refractivity contribution in [2.75, 3.05) is 13.1 Å². The maximum atomic E-state index is 12.1. The van der Waals surface area contributed by atoms with Gasteiger partial charge in [-0.05, 0) is 26.7 Å². The maximum Gasteiger partial charge on any atom is 0.317 e. The number of hydrogen-bond acceptors (Lipinski definition) is 3. The van der Waals surface area contributed by atoms with Crippen molar-refractivity contribution in [1.82, 2.24) is 10.2 Å². The van der Waals surface area contributed by atoms with Crippen molar-refractivity contribution in [1.29, 1.82) is 5.26 Å². The number of nitrogens with one attached hydrogen (secondary N) is 1. The van der Waals surface area contributed by atoms with E-state index in [4.69, 9.17) is 10.4 Å². The van der Waals surface area contributed by atoms with E-state index in [2.05, 4.69) is 11.4 Å². The summed E-state index contributed by atoms with van der Waals surface area (Å²) in [5.41, 5.74) is 0. The molecular weight excluding hydrogens is 246 g/mol. The summed E-state index contributed by atoms with van der Waals surface area (Å²) in [6.45, 7) is 4.46. The first-order chi connectivity index (χ1) is 8.99. The van der Waals surface area contributed by atoms with Gasteiger partial charge in [-0.3, -0.25) is 4.79 Å². The van der Waals surface area contributed by atoms with Gasteiger partial charge in [-0.15, -0.1) is 0 Å². The second-order valence-corrected chi connectivity index (χ2v) is 5.00. The molecule has 106 valence electrons. The Balaban J connectivity index is 2.57. The summed E-state index contributed by atoms with van der Waals surface area (Å²) in [5, 5.41) is 20.6. The van der Waals surface area contributed by atoms with Gasteiger partial charge in [0.15, 0.2) is 0 Å². The molecular formula is C13H21N3O3.